The van der Waals surface area contributed by atoms with Crippen molar-refractivity contribution < 1.29 is 9.90 Å². The Hall–Kier alpha value is -0.790. The van der Waals surface area contributed by atoms with Crippen molar-refractivity contribution in [3.63, 3.8) is 0 Å². The standard InChI is InChI=1S/C17H28O2/c1-12(15(19)17(4)8-5-9-17)14(18)13-6-10-16(2,3)11-7-13/h13,18H,5-11H2,1-4H3/b14-12-. The second-order valence-electron chi connectivity index (χ2n) is 7.69. The molecule has 2 saturated carbocycles. The second-order valence-corrected chi connectivity index (χ2v) is 7.69. The lowest BCUT2D eigenvalue weighted by Gasteiger charge is -2.38. The molecule has 0 heterocycles. The van der Waals surface area contributed by atoms with Crippen molar-refractivity contribution in [2.24, 2.45) is 16.7 Å². The van der Waals surface area contributed by atoms with E-state index in [1.807, 2.05) is 13.8 Å². The molecule has 19 heavy (non-hydrogen) atoms. The zero-order chi connectivity index (χ0) is 14.3. The Morgan fingerprint density at radius 3 is 2.00 bits per heavy atom. The van der Waals surface area contributed by atoms with Gasteiger partial charge in [0.15, 0.2) is 5.78 Å². The van der Waals surface area contributed by atoms with Gasteiger partial charge >= 0.3 is 0 Å². The van der Waals surface area contributed by atoms with Gasteiger partial charge in [0.05, 0.1) is 0 Å². The fourth-order valence-corrected chi connectivity index (χ4v) is 3.48. The number of aliphatic hydroxyl groups excluding tert-OH is 1. The Balaban J connectivity index is 2.07. The maximum atomic E-state index is 12.4. The number of Topliss-reactive ketones (excluding diaryl/α,β-unsaturated/α-hetero) is 1. The highest BCUT2D eigenvalue weighted by molar-refractivity contribution is 6.00. The Labute approximate surface area is 117 Å². The molecule has 0 radical (unpaired) electrons. The molecule has 108 valence electrons. The SMILES string of the molecule is C/C(C(=O)C1(C)CCC1)=C(/O)C1CCC(C)(C)CC1. The predicted molar refractivity (Wildman–Crippen MR) is 78.0 cm³/mol. The minimum absolute atomic E-state index is 0.182. The highest BCUT2D eigenvalue weighted by Crippen LogP contribution is 2.45. The average Bonchev–Trinajstić information content (AvgIpc) is 2.33. The van der Waals surface area contributed by atoms with Crippen LogP contribution in [0.2, 0.25) is 0 Å². The van der Waals surface area contributed by atoms with Gasteiger partial charge in [-0.15, -0.1) is 0 Å². The van der Waals surface area contributed by atoms with Gasteiger partial charge in [0, 0.05) is 16.9 Å². The molecule has 2 fully saturated rings. The molecular formula is C17H28O2. The molecule has 0 spiro atoms. The molecule has 0 aromatic rings. The first-order valence-electron chi connectivity index (χ1n) is 7.70. The number of aliphatic hydroxyl groups is 1. The first-order valence-corrected chi connectivity index (χ1v) is 7.70. The first kappa shape index (κ1) is 14.6. The van der Waals surface area contributed by atoms with E-state index in [-0.39, 0.29) is 17.1 Å². The molecule has 0 saturated heterocycles. The highest BCUT2D eigenvalue weighted by Gasteiger charge is 2.41. The Bertz CT molecular complexity index is 389. The number of carbonyl (C=O) groups is 1. The van der Waals surface area contributed by atoms with Gasteiger partial charge in [0.1, 0.15) is 5.76 Å². The van der Waals surface area contributed by atoms with Gasteiger partial charge in [-0.05, 0) is 50.9 Å². The second kappa shape index (κ2) is 4.96. The van der Waals surface area contributed by atoms with E-state index in [1.54, 1.807) is 0 Å². The molecule has 0 aromatic carbocycles. The molecule has 0 amide bonds. The third-order valence-electron chi connectivity index (χ3n) is 5.46. The summed E-state index contributed by atoms with van der Waals surface area (Å²) in [6.45, 7) is 8.44. The highest BCUT2D eigenvalue weighted by atomic mass is 16.3. The zero-order valence-electron chi connectivity index (χ0n) is 12.9. The van der Waals surface area contributed by atoms with Crippen LogP contribution in [-0.2, 0) is 4.79 Å². The van der Waals surface area contributed by atoms with Gasteiger partial charge in [0.25, 0.3) is 0 Å². The third-order valence-corrected chi connectivity index (χ3v) is 5.46. The fourth-order valence-electron chi connectivity index (χ4n) is 3.48. The van der Waals surface area contributed by atoms with Crippen LogP contribution >= 0.6 is 0 Å². The topological polar surface area (TPSA) is 37.3 Å². The van der Waals surface area contributed by atoms with Gasteiger partial charge in [0.2, 0.25) is 0 Å². The molecule has 0 aliphatic heterocycles. The van der Waals surface area contributed by atoms with Gasteiger partial charge in [-0.3, -0.25) is 4.79 Å². The van der Waals surface area contributed by atoms with E-state index in [0.29, 0.717) is 16.7 Å². The monoisotopic (exact) mass is 264 g/mol. The van der Waals surface area contributed by atoms with Crippen LogP contribution in [0, 0.1) is 16.7 Å². The average molecular weight is 264 g/mol. The van der Waals surface area contributed by atoms with Crippen LogP contribution in [0.3, 0.4) is 0 Å². The van der Waals surface area contributed by atoms with Crippen LogP contribution in [0.25, 0.3) is 0 Å². The summed E-state index contributed by atoms with van der Waals surface area (Å²) in [7, 11) is 0. The van der Waals surface area contributed by atoms with Crippen LogP contribution in [0.1, 0.15) is 72.6 Å². The van der Waals surface area contributed by atoms with Gasteiger partial charge in [-0.1, -0.05) is 27.2 Å². The summed E-state index contributed by atoms with van der Waals surface area (Å²) in [6, 6.07) is 0. The molecule has 0 atom stereocenters. The molecule has 0 aromatic heterocycles. The molecule has 2 nitrogen and oxygen atoms in total. The summed E-state index contributed by atoms with van der Waals surface area (Å²) in [5.74, 6) is 0.773. The number of ketones is 1. The summed E-state index contributed by atoms with van der Waals surface area (Å²) >= 11 is 0. The fraction of sp³-hybridized carbons (Fsp3) is 0.824. The summed E-state index contributed by atoms with van der Waals surface area (Å²) in [4.78, 5) is 12.4. The van der Waals surface area contributed by atoms with Gasteiger partial charge in [-0.2, -0.15) is 0 Å². The lowest BCUT2D eigenvalue weighted by Crippen LogP contribution is -2.36. The van der Waals surface area contributed by atoms with E-state index in [9.17, 15) is 9.90 Å². The zero-order valence-corrected chi connectivity index (χ0v) is 12.9. The number of allylic oxidation sites excluding steroid dienone is 2. The van der Waals surface area contributed by atoms with E-state index >= 15 is 0 Å². The van der Waals surface area contributed by atoms with E-state index in [1.165, 1.54) is 0 Å². The normalized spacial score (nSPS) is 27.4. The van der Waals surface area contributed by atoms with Crippen LogP contribution in [0.5, 0.6) is 0 Å². The lowest BCUT2D eigenvalue weighted by molar-refractivity contribution is -0.128. The van der Waals surface area contributed by atoms with E-state index in [0.717, 1.165) is 44.9 Å². The number of rotatable bonds is 3. The van der Waals surface area contributed by atoms with Crippen LogP contribution in [-0.4, -0.2) is 10.9 Å². The molecule has 2 heteroatoms. The number of carbonyl (C=O) groups excluding carboxylic acids is 1. The summed E-state index contributed by atoms with van der Waals surface area (Å²) in [5.41, 5.74) is 0.840. The van der Waals surface area contributed by atoms with Crippen LogP contribution in [0.4, 0.5) is 0 Å². The maximum Gasteiger partial charge on any atom is 0.167 e. The smallest absolute Gasteiger partial charge is 0.167 e. The summed E-state index contributed by atoms with van der Waals surface area (Å²) < 4.78 is 0. The van der Waals surface area contributed by atoms with Crippen molar-refractivity contribution in [2.75, 3.05) is 0 Å². The van der Waals surface area contributed by atoms with Crippen molar-refractivity contribution in [2.45, 2.75) is 72.6 Å². The Morgan fingerprint density at radius 2 is 1.58 bits per heavy atom. The van der Waals surface area contributed by atoms with Gasteiger partial charge in [-0.25, -0.2) is 0 Å². The number of hydrogen-bond acceptors (Lipinski definition) is 2. The van der Waals surface area contributed by atoms with Crippen molar-refractivity contribution >= 4 is 5.78 Å². The minimum atomic E-state index is -0.188. The quantitative estimate of drug-likeness (QED) is 0.587. The van der Waals surface area contributed by atoms with E-state index in [2.05, 4.69) is 13.8 Å². The van der Waals surface area contributed by atoms with Crippen LogP contribution in [0.15, 0.2) is 11.3 Å². The molecule has 0 unspecified atom stereocenters. The molecule has 0 bridgehead atoms. The van der Waals surface area contributed by atoms with Crippen LogP contribution < -0.4 is 0 Å². The largest absolute Gasteiger partial charge is 0.512 e. The lowest BCUT2D eigenvalue weighted by atomic mass is 9.65. The van der Waals surface area contributed by atoms with Gasteiger partial charge < -0.3 is 5.11 Å². The maximum absolute atomic E-state index is 12.4. The van der Waals surface area contributed by atoms with Crippen molar-refractivity contribution in [1.82, 2.24) is 0 Å². The Morgan fingerprint density at radius 1 is 1.05 bits per heavy atom. The van der Waals surface area contributed by atoms with E-state index in [4.69, 9.17) is 0 Å². The summed E-state index contributed by atoms with van der Waals surface area (Å²) in [5, 5.41) is 10.4. The Kier molecular flexibility index (Phi) is 3.81. The van der Waals surface area contributed by atoms with E-state index < -0.39 is 0 Å². The van der Waals surface area contributed by atoms with Crippen molar-refractivity contribution in [1.29, 1.82) is 0 Å². The minimum Gasteiger partial charge on any atom is -0.512 e. The molecule has 1 N–H and O–H groups in total. The van der Waals surface area contributed by atoms with Crippen molar-refractivity contribution in [3.05, 3.63) is 11.3 Å². The molecular weight excluding hydrogens is 236 g/mol. The van der Waals surface area contributed by atoms with Crippen molar-refractivity contribution in [3.8, 4) is 0 Å². The predicted octanol–water partition coefficient (Wildman–Crippen LogP) is 4.79. The molecule has 2 aliphatic rings. The number of hydrogen-bond donors (Lipinski definition) is 1. The molecule has 2 aliphatic carbocycles. The molecule has 2 rings (SSSR count). The first-order chi connectivity index (χ1) is 8.75. The third kappa shape index (κ3) is 2.88. The summed E-state index contributed by atoms with van der Waals surface area (Å²) in [6.07, 6.45) is 7.41.